The van der Waals surface area contributed by atoms with Crippen LogP contribution >= 0.6 is 0 Å². The van der Waals surface area contributed by atoms with E-state index in [9.17, 15) is 5.11 Å². The van der Waals surface area contributed by atoms with Crippen LogP contribution in [0.4, 0.5) is 0 Å². The second-order valence-corrected chi connectivity index (χ2v) is 14.8. The molecule has 0 aliphatic rings. The first-order chi connectivity index (χ1) is 21.5. The minimum absolute atomic E-state index is 0. The van der Waals surface area contributed by atoms with Crippen molar-refractivity contribution < 1.29 is 26.7 Å². The predicted molar refractivity (Wildman–Crippen MR) is 198 cm³/mol. The van der Waals surface area contributed by atoms with Crippen LogP contribution in [0.25, 0.3) is 0 Å². The molecule has 0 aromatic rings. The normalized spacial score (nSPS) is 12.6. The summed E-state index contributed by atoms with van der Waals surface area (Å²) in [5.74, 6) is 0. The molecule has 4 heteroatoms. The molecule has 0 radical (unpaired) electrons. The van der Waals surface area contributed by atoms with Crippen LogP contribution in [0.3, 0.4) is 0 Å². The molecule has 0 saturated carbocycles. The maximum Gasteiger partial charge on any atom is 0.126 e. The molecule has 45 heavy (non-hydrogen) atoms. The predicted octanol–water partition coefficient (Wildman–Crippen LogP) is 9.74. The zero-order chi connectivity index (χ0) is 32.2. The van der Waals surface area contributed by atoms with Crippen molar-refractivity contribution in [3.05, 3.63) is 12.2 Å². The van der Waals surface area contributed by atoms with E-state index >= 15 is 0 Å². The quantitative estimate of drug-likeness (QED) is 0.0409. The minimum Gasteiger partial charge on any atom is -1.00 e. The number of rotatable bonds is 37. The SMILES string of the molecule is CCCCCCCC/C=C\CCCCCCCC[N+](C)(C)CC(O)COCCCCCCCCCCCCCCCCCC.[Cl-]. The summed E-state index contributed by atoms with van der Waals surface area (Å²) in [7, 11) is 4.52. The number of hydrogen-bond donors (Lipinski definition) is 1. The number of allylic oxidation sites excluding steroid dienone is 2. The van der Waals surface area contributed by atoms with Gasteiger partial charge in [-0.1, -0.05) is 174 Å². The van der Waals surface area contributed by atoms with Crippen LogP contribution in [0, 0.1) is 0 Å². The summed E-state index contributed by atoms with van der Waals surface area (Å²) in [6.07, 6.45) is 45.8. The number of quaternary nitrogens is 1. The van der Waals surface area contributed by atoms with Gasteiger partial charge < -0.3 is 26.7 Å². The van der Waals surface area contributed by atoms with E-state index < -0.39 is 0 Å². The van der Waals surface area contributed by atoms with E-state index in [1.807, 2.05) is 0 Å². The van der Waals surface area contributed by atoms with Crippen LogP contribution in [-0.2, 0) is 4.74 Å². The summed E-state index contributed by atoms with van der Waals surface area (Å²) >= 11 is 0. The van der Waals surface area contributed by atoms with Crippen molar-refractivity contribution in [3.8, 4) is 0 Å². The minimum atomic E-state index is -0.347. The number of hydrogen-bond acceptors (Lipinski definition) is 2. The van der Waals surface area contributed by atoms with E-state index in [4.69, 9.17) is 4.74 Å². The van der Waals surface area contributed by atoms with Crippen molar-refractivity contribution in [2.75, 3.05) is 40.4 Å². The van der Waals surface area contributed by atoms with Gasteiger partial charge in [-0.25, -0.2) is 0 Å². The maximum absolute atomic E-state index is 10.5. The van der Waals surface area contributed by atoms with Gasteiger partial charge in [0.2, 0.25) is 0 Å². The summed E-state index contributed by atoms with van der Waals surface area (Å²) < 4.78 is 6.73. The number of ether oxygens (including phenoxy) is 1. The van der Waals surface area contributed by atoms with Gasteiger partial charge in [0, 0.05) is 6.61 Å². The van der Waals surface area contributed by atoms with Crippen LogP contribution in [0.2, 0.25) is 0 Å². The van der Waals surface area contributed by atoms with E-state index in [1.165, 1.54) is 186 Å². The topological polar surface area (TPSA) is 29.5 Å². The molecule has 1 atom stereocenters. The summed E-state index contributed by atoms with van der Waals surface area (Å²) in [6, 6.07) is 0. The summed E-state index contributed by atoms with van der Waals surface area (Å²) in [4.78, 5) is 0. The molecule has 0 saturated heterocycles. The largest absolute Gasteiger partial charge is 1.00 e. The van der Waals surface area contributed by atoms with Gasteiger partial charge in [0.25, 0.3) is 0 Å². The number of nitrogens with zero attached hydrogens (tertiary/aromatic N) is 1. The molecule has 0 heterocycles. The number of aliphatic hydroxyl groups is 1. The fourth-order valence-electron chi connectivity index (χ4n) is 6.47. The first-order valence-corrected chi connectivity index (χ1v) is 20.2. The molecule has 0 aromatic heterocycles. The number of likely N-dealkylation sites (N-methyl/N-ethyl adjacent to an activating group) is 1. The highest BCUT2D eigenvalue weighted by Gasteiger charge is 2.20. The highest BCUT2D eigenvalue weighted by molar-refractivity contribution is 4.81. The van der Waals surface area contributed by atoms with Gasteiger partial charge >= 0.3 is 0 Å². The standard InChI is InChI=1S/C41H84NO2.ClH/c1-5-7-9-11-13-15-17-19-21-23-25-27-29-31-33-35-37-42(3,4)39-41(43)40-44-38-36-34-32-30-28-26-24-22-20-18-16-14-12-10-8-6-2;/h19,21,41,43H,5-18,20,22-40H2,1-4H3;1H/q+1;/p-1/b21-19-;. The molecule has 0 aliphatic carbocycles. The molecule has 0 fully saturated rings. The average molecular weight is 659 g/mol. The Kier molecular flexibility index (Phi) is 40.1. The van der Waals surface area contributed by atoms with Gasteiger partial charge in [-0.3, -0.25) is 0 Å². The van der Waals surface area contributed by atoms with Gasteiger partial charge in [-0.15, -0.1) is 0 Å². The molecule has 1 N–H and O–H groups in total. The number of halogens is 1. The van der Waals surface area contributed by atoms with Crippen LogP contribution in [0.5, 0.6) is 0 Å². The smallest absolute Gasteiger partial charge is 0.126 e. The van der Waals surface area contributed by atoms with Crippen molar-refractivity contribution in [2.24, 2.45) is 0 Å². The Morgan fingerprint density at radius 3 is 1.22 bits per heavy atom. The van der Waals surface area contributed by atoms with Crippen molar-refractivity contribution >= 4 is 0 Å². The highest BCUT2D eigenvalue weighted by atomic mass is 35.5. The molecule has 272 valence electrons. The monoisotopic (exact) mass is 658 g/mol. The first kappa shape index (κ1) is 47.0. The van der Waals surface area contributed by atoms with Crippen LogP contribution in [0.1, 0.15) is 206 Å². The van der Waals surface area contributed by atoms with Crippen LogP contribution in [-0.4, -0.2) is 56.1 Å². The van der Waals surface area contributed by atoms with E-state index in [-0.39, 0.29) is 18.5 Å². The fourth-order valence-corrected chi connectivity index (χ4v) is 6.47. The van der Waals surface area contributed by atoms with Crippen LogP contribution in [0.15, 0.2) is 12.2 Å². The van der Waals surface area contributed by atoms with Crippen LogP contribution < -0.4 is 12.4 Å². The zero-order valence-corrected chi connectivity index (χ0v) is 32.2. The summed E-state index contributed by atoms with van der Waals surface area (Å²) in [5.41, 5.74) is 0. The lowest BCUT2D eigenvalue weighted by Gasteiger charge is -2.32. The Hall–Kier alpha value is -0.0900. The first-order valence-electron chi connectivity index (χ1n) is 20.2. The molecule has 0 aromatic carbocycles. The van der Waals surface area contributed by atoms with E-state index in [0.717, 1.165) is 30.6 Å². The summed E-state index contributed by atoms with van der Waals surface area (Å²) in [5, 5.41) is 10.5. The van der Waals surface area contributed by atoms with Crippen molar-refractivity contribution in [2.45, 2.75) is 213 Å². The zero-order valence-electron chi connectivity index (χ0n) is 31.5. The van der Waals surface area contributed by atoms with Gasteiger partial charge in [-0.05, 0) is 44.9 Å². The Balaban J connectivity index is 0. The fraction of sp³-hybridized carbons (Fsp3) is 0.951. The van der Waals surface area contributed by atoms with Crippen molar-refractivity contribution in [1.82, 2.24) is 0 Å². The maximum atomic E-state index is 10.5. The molecular formula is C41H84ClNO2. The lowest BCUT2D eigenvalue weighted by molar-refractivity contribution is -0.893. The molecule has 0 aliphatic heterocycles. The van der Waals surface area contributed by atoms with Gasteiger partial charge in [0.1, 0.15) is 12.6 Å². The molecule has 0 rings (SSSR count). The Morgan fingerprint density at radius 2 is 0.822 bits per heavy atom. The van der Waals surface area contributed by atoms with E-state index in [0.29, 0.717) is 6.61 Å². The lowest BCUT2D eigenvalue weighted by Crippen LogP contribution is -3.00. The van der Waals surface area contributed by atoms with Crippen molar-refractivity contribution in [3.63, 3.8) is 0 Å². The van der Waals surface area contributed by atoms with E-state index in [1.54, 1.807) is 0 Å². The molecule has 0 bridgehead atoms. The number of aliphatic hydroxyl groups excluding tert-OH is 1. The third-order valence-corrected chi connectivity index (χ3v) is 9.43. The van der Waals surface area contributed by atoms with Gasteiger partial charge in [0.15, 0.2) is 0 Å². The summed E-state index contributed by atoms with van der Waals surface area (Å²) in [6.45, 7) is 7.83. The third kappa shape index (κ3) is 40.0. The van der Waals surface area contributed by atoms with Gasteiger partial charge in [-0.2, -0.15) is 0 Å². The molecule has 0 amide bonds. The molecule has 0 spiro atoms. The Labute approximate surface area is 291 Å². The lowest BCUT2D eigenvalue weighted by atomic mass is 10.0. The van der Waals surface area contributed by atoms with Gasteiger partial charge in [0.05, 0.1) is 27.2 Å². The molecule has 3 nitrogen and oxygen atoms in total. The molecule has 1 unspecified atom stereocenters. The van der Waals surface area contributed by atoms with Crippen molar-refractivity contribution in [1.29, 1.82) is 0 Å². The molecular weight excluding hydrogens is 574 g/mol. The Bertz CT molecular complexity index is 568. The second kappa shape index (κ2) is 38.4. The Morgan fingerprint density at radius 1 is 0.489 bits per heavy atom. The number of unbranched alkanes of at least 4 members (excludes halogenated alkanes) is 27. The van der Waals surface area contributed by atoms with E-state index in [2.05, 4.69) is 40.1 Å². The highest BCUT2D eigenvalue weighted by Crippen LogP contribution is 2.15. The average Bonchev–Trinajstić information content (AvgIpc) is 3.00. The third-order valence-electron chi connectivity index (χ3n) is 9.43. The second-order valence-electron chi connectivity index (χ2n) is 14.8.